The van der Waals surface area contributed by atoms with Crippen LogP contribution >= 0.6 is 0 Å². The van der Waals surface area contributed by atoms with Gasteiger partial charge in [0.2, 0.25) is 0 Å². The Morgan fingerprint density at radius 3 is 2.43 bits per heavy atom. The van der Waals surface area contributed by atoms with Crippen LogP contribution in [0.3, 0.4) is 0 Å². The minimum absolute atomic E-state index is 0.130. The molecule has 4 rings (SSSR count). The van der Waals surface area contributed by atoms with Gasteiger partial charge >= 0.3 is 6.03 Å². The SMILES string of the molecule is CCCN1c2cc(OC)c(/C=C3/C(=O)NC(=O)N(c4ccccc4C)C3=O)cc2C(C)=CC1(C)C. The minimum Gasteiger partial charge on any atom is -0.496 e. The van der Waals surface area contributed by atoms with Gasteiger partial charge in [-0.2, -0.15) is 0 Å². The number of imide groups is 2. The summed E-state index contributed by atoms with van der Waals surface area (Å²) in [4.78, 5) is 42.1. The number of benzene rings is 2. The number of allylic oxidation sites excluding steroid dienone is 1. The number of hydrogen-bond donors (Lipinski definition) is 1. The highest BCUT2D eigenvalue weighted by molar-refractivity contribution is 6.39. The van der Waals surface area contributed by atoms with Crippen molar-refractivity contribution >= 4 is 40.9 Å². The van der Waals surface area contributed by atoms with E-state index >= 15 is 0 Å². The molecule has 1 fully saturated rings. The summed E-state index contributed by atoms with van der Waals surface area (Å²) >= 11 is 0. The number of para-hydroxylation sites is 1. The average Bonchev–Trinajstić information content (AvgIpc) is 2.80. The fourth-order valence-electron chi connectivity index (χ4n) is 4.89. The van der Waals surface area contributed by atoms with E-state index in [1.807, 2.05) is 18.2 Å². The quantitative estimate of drug-likeness (QED) is 0.484. The molecule has 0 bridgehead atoms. The highest BCUT2D eigenvalue weighted by Crippen LogP contribution is 2.43. The Morgan fingerprint density at radius 1 is 1.06 bits per heavy atom. The van der Waals surface area contributed by atoms with Gasteiger partial charge in [-0.1, -0.05) is 31.2 Å². The molecule has 35 heavy (non-hydrogen) atoms. The van der Waals surface area contributed by atoms with Gasteiger partial charge < -0.3 is 9.64 Å². The number of urea groups is 1. The van der Waals surface area contributed by atoms with E-state index in [4.69, 9.17) is 4.74 Å². The first-order valence-electron chi connectivity index (χ1n) is 11.8. The maximum Gasteiger partial charge on any atom is 0.335 e. The van der Waals surface area contributed by atoms with E-state index in [1.54, 1.807) is 32.2 Å². The van der Waals surface area contributed by atoms with Crippen molar-refractivity contribution in [1.29, 1.82) is 0 Å². The Balaban J connectivity index is 1.84. The molecule has 0 radical (unpaired) electrons. The van der Waals surface area contributed by atoms with Gasteiger partial charge in [-0.05, 0) is 63.5 Å². The number of amides is 4. The number of carbonyl (C=O) groups excluding carboxylic acids is 3. The van der Waals surface area contributed by atoms with E-state index < -0.39 is 17.8 Å². The van der Waals surface area contributed by atoms with E-state index in [-0.39, 0.29) is 11.1 Å². The first-order chi connectivity index (χ1) is 16.6. The van der Waals surface area contributed by atoms with Crippen molar-refractivity contribution in [2.75, 3.05) is 23.5 Å². The zero-order valence-corrected chi connectivity index (χ0v) is 21.1. The molecule has 2 aromatic carbocycles. The maximum absolute atomic E-state index is 13.4. The van der Waals surface area contributed by atoms with Crippen molar-refractivity contribution in [3.63, 3.8) is 0 Å². The molecule has 0 spiro atoms. The monoisotopic (exact) mass is 473 g/mol. The van der Waals surface area contributed by atoms with Crippen LogP contribution in [0.5, 0.6) is 5.75 Å². The molecule has 2 aliphatic heterocycles. The fourth-order valence-corrected chi connectivity index (χ4v) is 4.89. The Hall–Kier alpha value is -3.87. The van der Waals surface area contributed by atoms with Crippen LogP contribution in [0.25, 0.3) is 11.6 Å². The predicted octanol–water partition coefficient (Wildman–Crippen LogP) is 5.08. The molecule has 0 unspecified atom stereocenters. The highest BCUT2D eigenvalue weighted by Gasteiger charge is 2.38. The number of carbonyl (C=O) groups is 3. The largest absolute Gasteiger partial charge is 0.496 e. The number of methoxy groups -OCH3 is 1. The number of fused-ring (bicyclic) bond motifs is 1. The van der Waals surface area contributed by atoms with Gasteiger partial charge in [-0.3, -0.25) is 14.9 Å². The predicted molar refractivity (Wildman–Crippen MR) is 139 cm³/mol. The maximum atomic E-state index is 13.4. The van der Waals surface area contributed by atoms with Crippen LogP contribution in [-0.2, 0) is 9.59 Å². The van der Waals surface area contributed by atoms with Crippen LogP contribution in [-0.4, -0.2) is 37.0 Å². The molecule has 0 atom stereocenters. The lowest BCUT2D eigenvalue weighted by molar-refractivity contribution is -0.122. The van der Waals surface area contributed by atoms with Crippen LogP contribution in [0.4, 0.5) is 16.2 Å². The van der Waals surface area contributed by atoms with Crippen LogP contribution in [0.15, 0.2) is 48.0 Å². The second kappa shape index (κ2) is 9.06. The molecule has 7 heteroatoms. The Kier molecular flexibility index (Phi) is 6.28. The lowest BCUT2D eigenvalue weighted by Crippen LogP contribution is -2.54. The third kappa shape index (κ3) is 4.22. The van der Waals surface area contributed by atoms with Crippen molar-refractivity contribution in [1.82, 2.24) is 5.32 Å². The molecule has 2 aromatic rings. The molecule has 2 heterocycles. The Morgan fingerprint density at radius 2 is 1.77 bits per heavy atom. The van der Waals surface area contributed by atoms with Crippen molar-refractivity contribution in [2.24, 2.45) is 0 Å². The van der Waals surface area contributed by atoms with Gasteiger partial charge in [0.1, 0.15) is 11.3 Å². The first-order valence-corrected chi connectivity index (χ1v) is 11.8. The summed E-state index contributed by atoms with van der Waals surface area (Å²) < 4.78 is 5.69. The molecule has 4 amide bonds. The van der Waals surface area contributed by atoms with E-state index in [9.17, 15) is 14.4 Å². The number of rotatable bonds is 5. The first kappa shape index (κ1) is 24.3. The van der Waals surface area contributed by atoms with Gasteiger partial charge in [-0.15, -0.1) is 0 Å². The molecule has 0 saturated carbocycles. The summed E-state index contributed by atoms with van der Waals surface area (Å²) in [5, 5.41) is 2.30. The minimum atomic E-state index is -0.764. The zero-order chi connectivity index (χ0) is 25.5. The van der Waals surface area contributed by atoms with Crippen molar-refractivity contribution in [3.05, 3.63) is 64.7 Å². The molecule has 1 saturated heterocycles. The fraction of sp³-hybridized carbons (Fsp3) is 0.321. The summed E-state index contributed by atoms with van der Waals surface area (Å²) in [6, 6.07) is 10.2. The number of nitrogens with zero attached hydrogens (tertiary/aromatic N) is 2. The number of nitrogens with one attached hydrogen (secondary N) is 1. The van der Waals surface area contributed by atoms with E-state index in [0.29, 0.717) is 17.0 Å². The van der Waals surface area contributed by atoms with Gasteiger partial charge in [-0.25, -0.2) is 9.69 Å². The van der Waals surface area contributed by atoms with E-state index in [0.717, 1.165) is 40.3 Å². The number of aryl methyl sites for hydroxylation is 1. The summed E-state index contributed by atoms with van der Waals surface area (Å²) in [5.41, 5.74) is 4.65. The topological polar surface area (TPSA) is 79.0 Å². The molecule has 1 N–H and O–H groups in total. The third-order valence-corrected chi connectivity index (χ3v) is 6.53. The van der Waals surface area contributed by atoms with Crippen LogP contribution in [0, 0.1) is 6.92 Å². The summed E-state index contributed by atoms with van der Waals surface area (Å²) in [7, 11) is 1.57. The average molecular weight is 474 g/mol. The summed E-state index contributed by atoms with van der Waals surface area (Å²) in [5.74, 6) is -0.859. The second-order valence-corrected chi connectivity index (χ2v) is 9.49. The zero-order valence-electron chi connectivity index (χ0n) is 21.1. The smallest absolute Gasteiger partial charge is 0.335 e. The lowest BCUT2D eigenvalue weighted by Gasteiger charge is -2.43. The van der Waals surface area contributed by atoms with E-state index in [2.05, 4.69) is 44.0 Å². The number of barbiturate groups is 1. The summed E-state index contributed by atoms with van der Waals surface area (Å²) in [6.07, 6.45) is 4.72. The standard InChI is InChI=1S/C28H31N3O4/c1-7-12-30-23-15-24(35-6)19(13-20(23)18(3)16-28(30,4)5)14-21-25(32)29-27(34)31(26(21)33)22-11-9-8-10-17(22)2/h8-11,13-16H,7,12H2,1-6H3,(H,29,32,34)/b21-14-. The number of ether oxygens (including phenoxy) is 1. The van der Waals surface area contributed by atoms with Gasteiger partial charge in [0.25, 0.3) is 11.8 Å². The van der Waals surface area contributed by atoms with Crippen molar-refractivity contribution in [2.45, 2.75) is 46.6 Å². The van der Waals surface area contributed by atoms with E-state index in [1.165, 1.54) is 6.08 Å². The van der Waals surface area contributed by atoms with Gasteiger partial charge in [0, 0.05) is 29.4 Å². The highest BCUT2D eigenvalue weighted by atomic mass is 16.5. The van der Waals surface area contributed by atoms with Crippen molar-refractivity contribution < 1.29 is 19.1 Å². The Bertz CT molecular complexity index is 1290. The van der Waals surface area contributed by atoms with Gasteiger partial charge in [0.05, 0.1) is 18.3 Å². The molecule has 2 aliphatic rings. The normalized spacial score (nSPS) is 18.4. The molecule has 7 nitrogen and oxygen atoms in total. The van der Waals surface area contributed by atoms with Crippen LogP contribution < -0.4 is 19.9 Å². The Labute approximate surface area is 206 Å². The lowest BCUT2D eigenvalue weighted by atomic mass is 9.87. The second-order valence-electron chi connectivity index (χ2n) is 9.49. The number of hydrogen-bond acceptors (Lipinski definition) is 5. The molecule has 0 aromatic heterocycles. The molecule has 182 valence electrons. The molecular formula is C28H31N3O4. The molecular weight excluding hydrogens is 442 g/mol. The molecule has 0 aliphatic carbocycles. The number of anilines is 2. The summed E-state index contributed by atoms with van der Waals surface area (Å²) in [6.45, 7) is 11.2. The van der Waals surface area contributed by atoms with Gasteiger partial charge in [0.15, 0.2) is 0 Å². The third-order valence-electron chi connectivity index (χ3n) is 6.53. The van der Waals surface area contributed by atoms with Crippen molar-refractivity contribution in [3.8, 4) is 5.75 Å². The van der Waals surface area contributed by atoms with Crippen LogP contribution in [0.1, 0.15) is 50.8 Å². The van der Waals surface area contributed by atoms with Crippen LogP contribution in [0.2, 0.25) is 0 Å².